The Bertz CT molecular complexity index is 555. The van der Waals surface area contributed by atoms with Gasteiger partial charge in [0.05, 0.1) is 5.52 Å². The molecule has 2 heterocycles. The van der Waals surface area contributed by atoms with Crippen LogP contribution in [-0.4, -0.2) is 20.5 Å². The quantitative estimate of drug-likeness (QED) is 0.842. The number of aryl methyl sites for hydroxylation is 1. The highest BCUT2D eigenvalue weighted by molar-refractivity contribution is 5.93. The molecule has 16 heavy (non-hydrogen) atoms. The summed E-state index contributed by atoms with van der Waals surface area (Å²) in [5, 5.41) is 9.09. The maximum atomic E-state index is 11.1. The fraction of sp³-hybridized carbons (Fsp3) is 0.333. The molecule has 2 aromatic rings. The highest BCUT2D eigenvalue weighted by Gasteiger charge is 2.17. The minimum atomic E-state index is -0.977. The van der Waals surface area contributed by atoms with Crippen molar-refractivity contribution >= 4 is 11.5 Å². The lowest BCUT2D eigenvalue weighted by molar-refractivity contribution is 0.0693. The Labute approximate surface area is 93.5 Å². The van der Waals surface area contributed by atoms with Crippen molar-refractivity contribution in [3.8, 4) is 0 Å². The van der Waals surface area contributed by atoms with Gasteiger partial charge >= 0.3 is 5.97 Å². The third-order valence-corrected chi connectivity index (χ3v) is 2.55. The minimum absolute atomic E-state index is 0.132. The predicted molar refractivity (Wildman–Crippen MR) is 61.0 cm³/mol. The monoisotopic (exact) mass is 218 g/mol. The Hall–Kier alpha value is -1.84. The van der Waals surface area contributed by atoms with Gasteiger partial charge in [0.2, 0.25) is 0 Å². The lowest BCUT2D eigenvalue weighted by atomic mass is 10.2. The maximum absolute atomic E-state index is 11.1. The normalized spacial score (nSPS) is 11.2. The van der Waals surface area contributed by atoms with Crippen molar-refractivity contribution in [1.82, 2.24) is 9.38 Å². The van der Waals surface area contributed by atoms with Crippen molar-refractivity contribution in [2.24, 2.45) is 0 Å². The first kappa shape index (κ1) is 10.7. The number of rotatable bonds is 2. The SMILES string of the molecule is Cc1ccn2c(C(C)C)nc(C(=O)O)c2c1. The third-order valence-electron chi connectivity index (χ3n) is 2.55. The molecule has 0 atom stereocenters. The molecule has 2 aromatic heterocycles. The maximum Gasteiger partial charge on any atom is 0.356 e. The number of fused-ring (bicyclic) bond motifs is 1. The van der Waals surface area contributed by atoms with E-state index in [0.29, 0.717) is 5.52 Å². The Morgan fingerprint density at radius 3 is 2.75 bits per heavy atom. The molecule has 0 saturated carbocycles. The number of hydrogen-bond donors (Lipinski definition) is 1. The van der Waals surface area contributed by atoms with Gasteiger partial charge in [0.15, 0.2) is 5.69 Å². The molecule has 0 aliphatic heterocycles. The first-order chi connectivity index (χ1) is 7.50. The van der Waals surface area contributed by atoms with E-state index in [0.717, 1.165) is 11.4 Å². The summed E-state index contributed by atoms with van der Waals surface area (Å²) in [4.78, 5) is 15.3. The molecule has 0 bridgehead atoms. The molecule has 0 fully saturated rings. The predicted octanol–water partition coefficient (Wildman–Crippen LogP) is 2.46. The van der Waals surface area contributed by atoms with Gasteiger partial charge in [-0.2, -0.15) is 0 Å². The zero-order valence-electron chi connectivity index (χ0n) is 9.56. The summed E-state index contributed by atoms with van der Waals surface area (Å²) in [7, 11) is 0. The van der Waals surface area contributed by atoms with Gasteiger partial charge in [-0.15, -0.1) is 0 Å². The standard InChI is InChI=1S/C12H14N2O2/c1-7(2)11-13-10(12(15)16)9-6-8(3)4-5-14(9)11/h4-7H,1-3H3,(H,15,16). The number of aromatic carboxylic acids is 1. The van der Waals surface area contributed by atoms with E-state index in [4.69, 9.17) is 5.11 Å². The lowest BCUT2D eigenvalue weighted by Crippen LogP contribution is -1.98. The number of aromatic nitrogens is 2. The largest absolute Gasteiger partial charge is 0.476 e. The van der Waals surface area contributed by atoms with Crippen LogP contribution in [0.4, 0.5) is 0 Å². The van der Waals surface area contributed by atoms with E-state index < -0.39 is 5.97 Å². The van der Waals surface area contributed by atoms with E-state index in [2.05, 4.69) is 4.98 Å². The molecule has 0 aliphatic rings. The molecule has 0 aromatic carbocycles. The molecular formula is C12H14N2O2. The Morgan fingerprint density at radius 1 is 1.50 bits per heavy atom. The number of carbonyl (C=O) groups is 1. The van der Waals surface area contributed by atoms with E-state index in [9.17, 15) is 4.79 Å². The zero-order chi connectivity index (χ0) is 11.9. The summed E-state index contributed by atoms with van der Waals surface area (Å²) >= 11 is 0. The smallest absolute Gasteiger partial charge is 0.356 e. The van der Waals surface area contributed by atoms with E-state index in [1.54, 1.807) is 0 Å². The highest BCUT2D eigenvalue weighted by Crippen LogP contribution is 2.20. The fourth-order valence-corrected chi connectivity index (χ4v) is 1.78. The van der Waals surface area contributed by atoms with Crippen LogP contribution >= 0.6 is 0 Å². The molecule has 0 aliphatic carbocycles. The van der Waals surface area contributed by atoms with Crippen molar-refractivity contribution in [3.05, 3.63) is 35.4 Å². The number of imidazole rings is 1. The number of pyridine rings is 1. The molecule has 0 radical (unpaired) electrons. The van der Waals surface area contributed by atoms with Crippen LogP contribution < -0.4 is 0 Å². The van der Waals surface area contributed by atoms with Crippen LogP contribution in [0.15, 0.2) is 18.3 Å². The van der Waals surface area contributed by atoms with Crippen LogP contribution in [0.25, 0.3) is 5.52 Å². The molecule has 4 heteroatoms. The second kappa shape index (κ2) is 3.63. The van der Waals surface area contributed by atoms with Crippen LogP contribution in [-0.2, 0) is 0 Å². The summed E-state index contributed by atoms with van der Waals surface area (Å²) in [6, 6.07) is 3.80. The van der Waals surface area contributed by atoms with E-state index >= 15 is 0 Å². The Balaban J connectivity index is 2.81. The summed E-state index contributed by atoms with van der Waals surface area (Å²) in [6.45, 7) is 5.94. The van der Waals surface area contributed by atoms with E-state index in [-0.39, 0.29) is 11.6 Å². The van der Waals surface area contributed by atoms with Gasteiger partial charge in [-0.05, 0) is 24.6 Å². The summed E-state index contributed by atoms with van der Waals surface area (Å²) in [5.41, 5.74) is 1.83. The molecule has 0 unspecified atom stereocenters. The fourth-order valence-electron chi connectivity index (χ4n) is 1.78. The molecule has 0 saturated heterocycles. The van der Waals surface area contributed by atoms with Crippen LogP contribution in [0.2, 0.25) is 0 Å². The second-order valence-electron chi connectivity index (χ2n) is 4.24. The summed E-state index contributed by atoms with van der Waals surface area (Å²) in [5.74, 6) is 0.00528. The van der Waals surface area contributed by atoms with Gasteiger partial charge in [0.25, 0.3) is 0 Å². The minimum Gasteiger partial charge on any atom is -0.476 e. The highest BCUT2D eigenvalue weighted by atomic mass is 16.4. The van der Waals surface area contributed by atoms with Crippen molar-refractivity contribution in [3.63, 3.8) is 0 Å². The van der Waals surface area contributed by atoms with Gasteiger partial charge in [-0.1, -0.05) is 13.8 Å². The molecule has 2 rings (SSSR count). The first-order valence-electron chi connectivity index (χ1n) is 5.22. The van der Waals surface area contributed by atoms with Gasteiger partial charge in [-0.25, -0.2) is 9.78 Å². The summed E-state index contributed by atoms with van der Waals surface area (Å²) < 4.78 is 1.85. The van der Waals surface area contributed by atoms with Crippen LogP contribution in [0.5, 0.6) is 0 Å². The molecule has 1 N–H and O–H groups in total. The van der Waals surface area contributed by atoms with E-state index in [1.807, 2.05) is 43.5 Å². The van der Waals surface area contributed by atoms with Gasteiger partial charge in [-0.3, -0.25) is 0 Å². The summed E-state index contributed by atoms with van der Waals surface area (Å²) in [6.07, 6.45) is 1.87. The number of nitrogens with zero attached hydrogens (tertiary/aromatic N) is 2. The molecule has 0 amide bonds. The van der Waals surface area contributed by atoms with Crippen molar-refractivity contribution in [2.45, 2.75) is 26.7 Å². The van der Waals surface area contributed by atoms with Crippen molar-refractivity contribution in [1.29, 1.82) is 0 Å². The number of carboxylic acids is 1. The first-order valence-corrected chi connectivity index (χ1v) is 5.22. The average molecular weight is 218 g/mol. The molecular weight excluding hydrogens is 204 g/mol. The van der Waals surface area contributed by atoms with Gasteiger partial charge in [0.1, 0.15) is 5.82 Å². The topological polar surface area (TPSA) is 54.6 Å². The number of hydrogen-bond acceptors (Lipinski definition) is 2. The van der Waals surface area contributed by atoms with Crippen LogP contribution in [0.1, 0.15) is 41.6 Å². The van der Waals surface area contributed by atoms with Crippen LogP contribution in [0, 0.1) is 6.92 Å². The Morgan fingerprint density at radius 2 is 2.19 bits per heavy atom. The van der Waals surface area contributed by atoms with E-state index in [1.165, 1.54) is 0 Å². The third kappa shape index (κ3) is 1.56. The van der Waals surface area contributed by atoms with Crippen molar-refractivity contribution in [2.75, 3.05) is 0 Å². The Kier molecular flexibility index (Phi) is 2.42. The molecule has 4 nitrogen and oxygen atoms in total. The van der Waals surface area contributed by atoms with Gasteiger partial charge in [0, 0.05) is 12.1 Å². The number of carboxylic acid groups (broad SMARTS) is 1. The zero-order valence-corrected chi connectivity index (χ0v) is 9.56. The lowest BCUT2D eigenvalue weighted by Gasteiger charge is -2.03. The average Bonchev–Trinajstić information content (AvgIpc) is 2.56. The molecule has 0 spiro atoms. The van der Waals surface area contributed by atoms with Crippen molar-refractivity contribution < 1.29 is 9.90 Å². The second-order valence-corrected chi connectivity index (χ2v) is 4.24. The molecule has 84 valence electrons. The van der Waals surface area contributed by atoms with Crippen LogP contribution in [0.3, 0.4) is 0 Å². The van der Waals surface area contributed by atoms with Gasteiger partial charge < -0.3 is 9.51 Å².